The lowest BCUT2D eigenvalue weighted by molar-refractivity contribution is -0.0879. The molecule has 1 N–H and O–H groups in total. The van der Waals surface area contributed by atoms with E-state index in [9.17, 15) is 0 Å². The number of nitrogens with one attached hydrogen (secondary N) is 1. The maximum Gasteiger partial charge on any atom is 0.146 e. The first-order valence-corrected chi connectivity index (χ1v) is 7.58. The van der Waals surface area contributed by atoms with Gasteiger partial charge in [-0.2, -0.15) is 0 Å². The lowest BCUT2D eigenvalue weighted by atomic mass is 9.85. The van der Waals surface area contributed by atoms with E-state index in [1.54, 1.807) is 13.3 Å². The standard InChI is InChI=1S/C16H19ClN2O2/c1-3-18-12-9-14(16(12)20-2)21-13-7-6-11(17)10-5-4-8-19-15(10)13/h4-8,12,14,16,18H,3,9H2,1-2H3. The molecule has 1 aromatic heterocycles. The molecular formula is C16H19ClN2O2. The molecule has 1 saturated carbocycles. The minimum absolute atomic E-state index is 0.0467. The molecule has 4 nitrogen and oxygen atoms in total. The number of aromatic nitrogens is 1. The van der Waals surface area contributed by atoms with Gasteiger partial charge in [-0.05, 0) is 30.8 Å². The zero-order chi connectivity index (χ0) is 14.8. The molecule has 0 bridgehead atoms. The van der Waals surface area contributed by atoms with Crippen LogP contribution in [0.3, 0.4) is 0 Å². The van der Waals surface area contributed by atoms with Crippen molar-refractivity contribution in [2.75, 3.05) is 13.7 Å². The molecule has 1 heterocycles. The average Bonchev–Trinajstić information content (AvgIpc) is 2.49. The molecule has 1 aliphatic carbocycles. The van der Waals surface area contributed by atoms with Gasteiger partial charge in [-0.1, -0.05) is 18.5 Å². The SMILES string of the molecule is CCNC1CC(Oc2ccc(Cl)c3cccnc23)C1OC. The smallest absolute Gasteiger partial charge is 0.146 e. The summed E-state index contributed by atoms with van der Waals surface area (Å²) in [6, 6.07) is 7.92. The molecular weight excluding hydrogens is 288 g/mol. The van der Waals surface area contributed by atoms with Crippen molar-refractivity contribution in [3.8, 4) is 5.75 Å². The molecule has 3 rings (SSSR count). The van der Waals surface area contributed by atoms with Crippen molar-refractivity contribution < 1.29 is 9.47 Å². The Morgan fingerprint density at radius 3 is 3.00 bits per heavy atom. The van der Waals surface area contributed by atoms with E-state index in [-0.39, 0.29) is 12.2 Å². The predicted molar refractivity (Wildman–Crippen MR) is 84.0 cm³/mol. The van der Waals surface area contributed by atoms with Gasteiger partial charge < -0.3 is 14.8 Å². The molecule has 1 aromatic carbocycles. The number of methoxy groups -OCH3 is 1. The Morgan fingerprint density at radius 1 is 1.38 bits per heavy atom. The number of nitrogens with zero attached hydrogens (tertiary/aromatic N) is 1. The highest BCUT2D eigenvalue weighted by atomic mass is 35.5. The number of ether oxygens (including phenoxy) is 2. The number of hydrogen-bond donors (Lipinski definition) is 1. The number of pyridine rings is 1. The third-order valence-corrected chi connectivity index (χ3v) is 4.28. The maximum absolute atomic E-state index is 6.20. The highest BCUT2D eigenvalue weighted by Crippen LogP contribution is 2.34. The van der Waals surface area contributed by atoms with Crippen LogP contribution in [0.15, 0.2) is 30.5 Å². The van der Waals surface area contributed by atoms with Crippen molar-refractivity contribution in [1.82, 2.24) is 10.3 Å². The summed E-state index contributed by atoms with van der Waals surface area (Å²) in [5.74, 6) is 0.761. The summed E-state index contributed by atoms with van der Waals surface area (Å²) >= 11 is 6.20. The normalized spacial score (nSPS) is 24.8. The second-order valence-electron chi connectivity index (χ2n) is 5.20. The van der Waals surface area contributed by atoms with Crippen molar-refractivity contribution in [1.29, 1.82) is 0 Å². The molecule has 0 spiro atoms. The van der Waals surface area contributed by atoms with Gasteiger partial charge in [0.2, 0.25) is 0 Å². The summed E-state index contributed by atoms with van der Waals surface area (Å²) in [5.41, 5.74) is 0.798. The van der Waals surface area contributed by atoms with E-state index in [2.05, 4.69) is 17.2 Å². The van der Waals surface area contributed by atoms with Gasteiger partial charge >= 0.3 is 0 Å². The van der Waals surface area contributed by atoms with Gasteiger partial charge in [0.1, 0.15) is 23.5 Å². The van der Waals surface area contributed by atoms with Crippen molar-refractivity contribution in [2.24, 2.45) is 0 Å². The Kier molecular flexibility index (Phi) is 4.29. The average molecular weight is 307 g/mol. The van der Waals surface area contributed by atoms with E-state index < -0.39 is 0 Å². The van der Waals surface area contributed by atoms with E-state index in [1.165, 1.54) is 0 Å². The topological polar surface area (TPSA) is 43.4 Å². The fourth-order valence-corrected chi connectivity index (χ4v) is 3.06. The Hall–Kier alpha value is -1.36. The quantitative estimate of drug-likeness (QED) is 0.922. The molecule has 1 fully saturated rings. The van der Waals surface area contributed by atoms with Gasteiger partial charge in [0.05, 0.1) is 5.02 Å². The molecule has 3 unspecified atom stereocenters. The number of likely N-dealkylation sites (N-methyl/N-ethyl adjacent to an activating group) is 1. The molecule has 112 valence electrons. The van der Waals surface area contributed by atoms with Gasteiger partial charge in [-0.3, -0.25) is 4.98 Å². The minimum Gasteiger partial charge on any atom is -0.485 e. The fourth-order valence-electron chi connectivity index (χ4n) is 2.84. The van der Waals surface area contributed by atoms with Gasteiger partial charge in [-0.25, -0.2) is 0 Å². The minimum atomic E-state index is 0.0467. The van der Waals surface area contributed by atoms with Crippen LogP contribution in [0.2, 0.25) is 5.02 Å². The van der Waals surface area contributed by atoms with Crippen LogP contribution in [0, 0.1) is 0 Å². The summed E-state index contributed by atoms with van der Waals surface area (Å²) in [6.07, 6.45) is 2.80. The zero-order valence-corrected chi connectivity index (χ0v) is 12.9. The molecule has 1 aliphatic rings. The fraction of sp³-hybridized carbons (Fsp3) is 0.438. The van der Waals surface area contributed by atoms with Crippen LogP contribution in [0.4, 0.5) is 0 Å². The lowest BCUT2D eigenvalue weighted by Gasteiger charge is -2.43. The number of hydrogen-bond acceptors (Lipinski definition) is 4. The predicted octanol–water partition coefficient (Wildman–Crippen LogP) is 3.03. The molecule has 21 heavy (non-hydrogen) atoms. The molecule has 0 radical (unpaired) electrons. The first-order chi connectivity index (χ1) is 10.2. The summed E-state index contributed by atoms with van der Waals surface area (Å²) in [7, 11) is 1.72. The van der Waals surface area contributed by atoms with Gasteiger partial charge in [-0.15, -0.1) is 0 Å². The Balaban J connectivity index is 1.82. The summed E-state index contributed by atoms with van der Waals surface area (Å²) in [6.45, 7) is 3.03. The molecule has 0 aliphatic heterocycles. The third-order valence-electron chi connectivity index (χ3n) is 3.95. The molecule has 0 saturated heterocycles. The van der Waals surface area contributed by atoms with Gasteiger partial charge in [0.15, 0.2) is 0 Å². The van der Waals surface area contributed by atoms with Crippen molar-refractivity contribution in [3.05, 3.63) is 35.5 Å². The Bertz CT molecular complexity index is 635. The first kappa shape index (κ1) is 14.6. The second-order valence-corrected chi connectivity index (χ2v) is 5.61. The molecule has 2 aromatic rings. The highest BCUT2D eigenvalue weighted by Gasteiger charge is 2.43. The van der Waals surface area contributed by atoms with E-state index >= 15 is 0 Å². The van der Waals surface area contributed by atoms with Crippen molar-refractivity contribution in [2.45, 2.75) is 31.6 Å². The van der Waals surface area contributed by atoms with Crippen LogP contribution in [-0.2, 0) is 4.74 Å². The van der Waals surface area contributed by atoms with Crippen LogP contribution in [-0.4, -0.2) is 36.9 Å². The first-order valence-electron chi connectivity index (χ1n) is 7.20. The van der Waals surface area contributed by atoms with Crippen LogP contribution in [0.1, 0.15) is 13.3 Å². The largest absolute Gasteiger partial charge is 0.485 e. The van der Waals surface area contributed by atoms with Crippen LogP contribution in [0.5, 0.6) is 5.75 Å². The number of rotatable bonds is 5. The monoisotopic (exact) mass is 306 g/mol. The van der Waals surface area contributed by atoms with Crippen molar-refractivity contribution >= 4 is 22.5 Å². The number of benzene rings is 1. The van der Waals surface area contributed by atoms with Crippen LogP contribution < -0.4 is 10.1 Å². The number of fused-ring (bicyclic) bond motifs is 1. The van der Waals surface area contributed by atoms with Crippen LogP contribution >= 0.6 is 11.6 Å². The number of halogens is 1. The van der Waals surface area contributed by atoms with Crippen LogP contribution in [0.25, 0.3) is 10.9 Å². The Morgan fingerprint density at radius 2 is 2.24 bits per heavy atom. The lowest BCUT2D eigenvalue weighted by Crippen LogP contribution is -2.60. The maximum atomic E-state index is 6.20. The third kappa shape index (κ3) is 2.71. The van der Waals surface area contributed by atoms with E-state index in [4.69, 9.17) is 21.1 Å². The summed E-state index contributed by atoms with van der Waals surface area (Å²) in [5, 5.41) is 5.00. The zero-order valence-electron chi connectivity index (χ0n) is 12.2. The summed E-state index contributed by atoms with van der Waals surface area (Å²) < 4.78 is 11.7. The highest BCUT2D eigenvalue weighted by molar-refractivity contribution is 6.35. The van der Waals surface area contributed by atoms with E-state index in [1.807, 2.05) is 24.3 Å². The Labute approximate surface area is 129 Å². The van der Waals surface area contributed by atoms with Gasteiger partial charge in [0, 0.05) is 31.2 Å². The van der Waals surface area contributed by atoms with E-state index in [0.717, 1.165) is 29.6 Å². The second kappa shape index (κ2) is 6.18. The van der Waals surface area contributed by atoms with Crippen molar-refractivity contribution in [3.63, 3.8) is 0 Å². The van der Waals surface area contributed by atoms with Gasteiger partial charge in [0.25, 0.3) is 0 Å². The molecule has 5 heteroatoms. The molecule has 3 atom stereocenters. The van der Waals surface area contributed by atoms with E-state index in [0.29, 0.717) is 11.1 Å². The molecule has 0 amide bonds. The summed E-state index contributed by atoms with van der Waals surface area (Å²) in [4.78, 5) is 4.39.